The molecule has 3 aromatic rings. The number of pyridine rings is 1. The average Bonchev–Trinajstić information content (AvgIpc) is 3.58. The van der Waals surface area contributed by atoms with E-state index in [-0.39, 0.29) is 24.2 Å². The lowest BCUT2D eigenvalue weighted by atomic mass is 10.1. The van der Waals surface area contributed by atoms with E-state index >= 15 is 0 Å². The van der Waals surface area contributed by atoms with Gasteiger partial charge in [-0.3, -0.25) is 19.3 Å². The Bertz CT molecular complexity index is 1090. The molecule has 0 spiro atoms. The third-order valence-electron chi connectivity index (χ3n) is 6.39. The minimum absolute atomic E-state index is 0.0145. The van der Waals surface area contributed by atoms with E-state index < -0.39 is 0 Å². The number of amides is 2. The zero-order valence-corrected chi connectivity index (χ0v) is 18.0. The Kier molecular flexibility index (Phi) is 5.71. The van der Waals surface area contributed by atoms with E-state index in [0.717, 1.165) is 35.6 Å². The van der Waals surface area contributed by atoms with Crippen LogP contribution in [0, 0.1) is 5.92 Å². The minimum atomic E-state index is -0.352. The van der Waals surface area contributed by atoms with Gasteiger partial charge in [0.25, 0.3) is 0 Å². The molecule has 1 N–H and O–H groups in total. The average molecular weight is 430 g/mol. The van der Waals surface area contributed by atoms with Gasteiger partial charge in [-0.2, -0.15) is 5.10 Å². The fourth-order valence-electron chi connectivity index (χ4n) is 4.73. The molecule has 7 heteroatoms. The van der Waals surface area contributed by atoms with Crippen LogP contribution in [0.15, 0.2) is 60.8 Å². The van der Waals surface area contributed by atoms with Crippen LogP contribution in [0.4, 0.5) is 5.69 Å². The highest BCUT2D eigenvalue weighted by Gasteiger charge is 2.35. The Morgan fingerprint density at radius 2 is 1.84 bits per heavy atom. The molecule has 1 saturated heterocycles. The van der Waals surface area contributed by atoms with Crippen LogP contribution in [0.2, 0.25) is 0 Å². The fraction of sp³-hybridized carbons (Fsp3) is 0.360. The van der Waals surface area contributed by atoms with Crippen molar-refractivity contribution in [2.24, 2.45) is 5.92 Å². The largest absolute Gasteiger partial charge is 0.350 e. The van der Waals surface area contributed by atoms with Crippen molar-refractivity contribution in [2.45, 2.75) is 44.7 Å². The third kappa shape index (κ3) is 4.15. The first-order valence-electron chi connectivity index (χ1n) is 11.3. The monoisotopic (exact) mass is 429 g/mol. The summed E-state index contributed by atoms with van der Waals surface area (Å²) in [6, 6.07) is 17.8. The molecular weight excluding hydrogens is 402 g/mol. The van der Waals surface area contributed by atoms with Gasteiger partial charge in [0, 0.05) is 24.8 Å². The molecule has 1 aromatic carbocycles. The Morgan fingerprint density at radius 1 is 1.06 bits per heavy atom. The Balaban J connectivity index is 1.28. The number of carbonyl (C=O) groups is 2. The molecule has 1 aliphatic carbocycles. The molecule has 1 aliphatic heterocycles. The molecule has 1 atom stereocenters. The Labute approximate surface area is 187 Å². The normalized spacial score (nSPS) is 18.9. The smallest absolute Gasteiger partial charge is 0.227 e. The molecule has 164 valence electrons. The molecule has 0 radical (unpaired) electrons. The van der Waals surface area contributed by atoms with E-state index in [9.17, 15) is 9.59 Å². The predicted octanol–water partition coefficient (Wildman–Crippen LogP) is 3.73. The van der Waals surface area contributed by atoms with Crippen molar-refractivity contribution in [2.75, 3.05) is 11.4 Å². The van der Waals surface area contributed by atoms with Crippen LogP contribution in [0.3, 0.4) is 0 Å². The summed E-state index contributed by atoms with van der Waals surface area (Å²) in [5.74, 6) is -0.472. The molecule has 32 heavy (non-hydrogen) atoms. The third-order valence-corrected chi connectivity index (χ3v) is 6.39. The standard InChI is InChI=1S/C25H27N5O2/c31-24-14-18(17-29(24)20-8-2-1-3-9-20)25(32)27-16-19-15-23(22-12-6-7-13-26-22)30(28-19)21-10-4-5-11-21/h1-3,6-9,12-13,15,18,21H,4-5,10-11,14,16-17H2,(H,27,32). The number of aromatic nitrogens is 3. The summed E-state index contributed by atoms with van der Waals surface area (Å²) in [5.41, 5.74) is 3.54. The number of anilines is 1. The number of para-hydroxylation sites is 1. The van der Waals surface area contributed by atoms with Crippen molar-refractivity contribution in [1.29, 1.82) is 0 Å². The molecule has 7 nitrogen and oxygen atoms in total. The molecule has 2 fully saturated rings. The van der Waals surface area contributed by atoms with Crippen LogP contribution in [0.5, 0.6) is 0 Å². The molecule has 5 rings (SSSR count). The molecule has 1 unspecified atom stereocenters. The van der Waals surface area contributed by atoms with E-state index in [4.69, 9.17) is 5.10 Å². The fourth-order valence-corrected chi connectivity index (χ4v) is 4.73. The van der Waals surface area contributed by atoms with E-state index in [0.29, 0.717) is 19.1 Å². The van der Waals surface area contributed by atoms with E-state index in [2.05, 4.69) is 15.0 Å². The van der Waals surface area contributed by atoms with E-state index in [1.54, 1.807) is 11.1 Å². The lowest BCUT2D eigenvalue weighted by Gasteiger charge is -2.16. The van der Waals surface area contributed by atoms with Gasteiger partial charge in [0.2, 0.25) is 11.8 Å². The van der Waals surface area contributed by atoms with Crippen molar-refractivity contribution in [3.63, 3.8) is 0 Å². The maximum absolute atomic E-state index is 12.8. The van der Waals surface area contributed by atoms with Crippen LogP contribution in [-0.2, 0) is 16.1 Å². The van der Waals surface area contributed by atoms with Gasteiger partial charge in [0.05, 0.1) is 35.6 Å². The summed E-state index contributed by atoms with van der Waals surface area (Å²) in [6.45, 7) is 0.749. The molecule has 3 heterocycles. The first-order chi connectivity index (χ1) is 15.7. The van der Waals surface area contributed by atoms with Gasteiger partial charge in [0.1, 0.15) is 0 Å². The van der Waals surface area contributed by atoms with Gasteiger partial charge >= 0.3 is 0 Å². The molecule has 1 saturated carbocycles. The van der Waals surface area contributed by atoms with Gasteiger partial charge < -0.3 is 10.2 Å². The molecule has 2 aromatic heterocycles. The highest BCUT2D eigenvalue weighted by atomic mass is 16.2. The van der Waals surface area contributed by atoms with Crippen LogP contribution in [0.25, 0.3) is 11.4 Å². The lowest BCUT2D eigenvalue weighted by molar-refractivity contribution is -0.126. The number of hydrogen-bond acceptors (Lipinski definition) is 4. The van der Waals surface area contributed by atoms with Gasteiger partial charge in [-0.25, -0.2) is 0 Å². The second-order valence-electron chi connectivity index (χ2n) is 8.58. The number of rotatable bonds is 6. The number of hydrogen-bond donors (Lipinski definition) is 1. The Hall–Kier alpha value is -3.48. The number of nitrogens with one attached hydrogen (secondary N) is 1. The predicted molar refractivity (Wildman–Crippen MR) is 122 cm³/mol. The van der Waals surface area contributed by atoms with Crippen LogP contribution in [0.1, 0.15) is 43.8 Å². The van der Waals surface area contributed by atoms with Gasteiger partial charge in [0.15, 0.2) is 0 Å². The highest BCUT2D eigenvalue weighted by Crippen LogP contribution is 2.33. The minimum Gasteiger partial charge on any atom is -0.350 e. The van der Waals surface area contributed by atoms with Gasteiger partial charge in [-0.05, 0) is 43.2 Å². The molecule has 2 amide bonds. The van der Waals surface area contributed by atoms with Gasteiger partial charge in [-0.15, -0.1) is 0 Å². The van der Waals surface area contributed by atoms with E-state index in [1.807, 2.05) is 54.6 Å². The number of nitrogens with zero attached hydrogens (tertiary/aromatic N) is 4. The SMILES string of the molecule is O=C(NCc1cc(-c2ccccn2)n(C2CCCC2)n1)C1CC(=O)N(c2ccccc2)C1. The number of carbonyl (C=O) groups excluding carboxylic acids is 2. The van der Waals surface area contributed by atoms with Crippen LogP contribution in [-0.4, -0.2) is 33.1 Å². The van der Waals surface area contributed by atoms with Gasteiger partial charge in [-0.1, -0.05) is 37.1 Å². The van der Waals surface area contributed by atoms with Crippen molar-refractivity contribution < 1.29 is 9.59 Å². The number of benzene rings is 1. The van der Waals surface area contributed by atoms with Crippen molar-refractivity contribution in [3.05, 3.63) is 66.5 Å². The first-order valence-corrected chi connectivity index (χ1v) is 11.3. The van der Waals surface area contributed by atoms with Crippen molar-refractivity contribution in [1.82, 2.24) is 20.1 Å². The topological polar surface area (TPSA) is 80.1 Å². The quantitative estimate of drug-likeness (QED) is 0.648. The van der Waals surface area contributed by atoms with Crippen molar-refractivity contribution >= 4 is 17.5 Å². The second kappa shape index (κ2) is 8.94. The zero-order valence-electron chi connectivity index (χ0n) is 18.0. The maximum Gasteiger partial charge on any atom is 0.227 e. The first kappa shape index (κ1) is 20.4. The van der Waals surface area contributed by atoms with Crippen molar-refractivity contribution in [3.8, 4) is 11.4 Å². The van der Waals surface area contributed by atoms with E-state index in [1.165, 1.54) is 12.8 Å². The summed E-state index contributed by atoms with van der Waals surface area (Å²) >= 11 is 0. The highest BCUT2D eigenvalue weighted by molar-refractivity contribution is 6.00. The van der Waals surface area contributed by atoms with Crippen LogP contribution >= 0.6 is 0 Å². The lowest BCUT2D eigenvalue weighted by Crippen LogP contribution is -2.32. The molecule has 0 bridgehead atoms. The second-order valence-corrected chi connectivity index (χ2v) is 8.58. The summed E-state index contributed by atoms with van der Waals surface area (Å²) in [5, 5.41) is 7.83. The molecule has 2 aliphatic rings. The zero-order chi connectivity index (χ0) is 21.9. The summed E-state index contributed by atoms with van der Waals surface area (Å²) in [7, 11) is 0. The summed E-state index contributed by atoms with van der Waals surface area (Å²) in [6.07, 6.45) is 6.69. The Morgan fingerprint density at radius 3 is 2.59 bits per heavy atom. The molecular formula is C25H27N5O2. The summed E-state index contributed by atoms with van der Waals surface area (Å²) < 4.78 is 2.09. The maximum atomic E-state index is 12.8. The van der Waals surface area contributed by atoms with Crippen LogP contribution < -0.4 is 10.2 Å². The summed E-state index contributed by atoms with van der Waals surface area (Å²) in [4.78, 5) is 31.5.